The first-order valence-electron chi connectivity index (χ1n) is 8.96. The number of sulfonamides is 1. The molecule has 0 saturated carbocycles. The fraction of sp³-hybridized carbons (Fsp3) is 0.190. The summed E-state index contributed by atoms with van der Waals surface area (Å²) in [6.07, 6.45) is 1.55. The van der Waals surface area contributed by atoms with E-state index in [9.17, 15) is 13.2 Å². The molecule has 5 nitrogen and oxygen atoms in total. The lowest BCUT2D eigenvalue weighted by molar-refractivity contribution is 0.103. The lowest BCUT2D eigenvalue weighted by Gasteiger charge is -2.15. The Kier molecular flexibility index (Phi) is 4.15. The van der Waals surface area contributed by atoms with E-state index in [2.05, 4.69) is 10.0 Å². The summed E-state index contributed by atoms with van der Waals surface area (Å²) in [6.45, 7) is 4.03. The second-order valence-electron chi connectivity index (χ2n) is 6.60. The predicted molar refractivity (Wildman–Crippen MR) is 108 cm³/mol. The van der Waals surface area contributed by atoms with E-state index in [-0.39, 0.29) is 10.8 Å². The standard InChI is InChI=1S/C21H20N2O3S/c1-3-13-8-9-14(4-2)18(12-13)23-27(25,26)19-11-10-17-20-15(19)6-5-7-16(20)21(24)22-17/h5-12,23H,3-4H2,1-2H3,(H,22,24). The average molecular weight is 380 g/mol. The molecule has 138 valence electrons. The Bertz CT molecular complexity index is 1180. The molecule has 0 aliphatic carbocycles. The van der Waals surface area contributed by atoms with Crippen LogP contribution < -0.4 is 10.0 Å². The van der Waals surface area contributed by atoms with Crippen LogP contribution in [0.1, 0.15) is 35.3 Å². The number of benzene rings is 3. The maximum Gasteiger partial charge on any atom is 0.262 e. The Labute approximate surface area is 158 Å². The molecule has 1 heterocycles. The van der Waals surface area contributed by atoms with E-state index < -0.39 is 10.0 Å². The highest BCUT2D eigenvalue weighted by atomic mass is 32.2. The number of carbonyl (C=O) groups excluding carboxylic acids is 1. The summed E-state index contributed by atoms with van der Waals surface area (Å²) in [6, 6.07) is 14.2. The molecule has 1 amide bonds. The van der Waals surface area contributed by atoms with Crippen LogP contribution in [0.25, 0.3) is 10.8 Å². The maximum atomic E-state index is 13.2. The second kappa shape index (κ2) is 6.39. The van der Waals surface area contributed by atoms with E-state index in [4.69, 9.17) is 0 Å². The number of aryl methyl sites for hydroxylation is 2. The molecule has 3 aromatic carbocycles. The zero-order valence-corrected chi connectivity index (χ0v) is 16.0. The minimum absolute atomic E-state index is 0.170. The normalized spacial score (nSPS) is 13.0. The second-order valence-corrected chi connectivity index (χ2v) is 8.25. The average Bonchev–Trinajstić information content (AvgIpc) is 2.99. The van der Waals surface area contributed by atoms with E-state index in [1.54, 1.807) is 30.3 Å². The fourth-order valence-corrected chi connectivity index (χ4v) is 4.84. The highest BCUT2D eigenvalue weighted by Gasteiger charge is 2.26. The minimum atomic E-state index is -3.81. The van der Waals surface area contributed by atoms with Gasteiger partial charge in [-0.1, -0.05) is 38.1 Å². The van der Waals surface area contributed by atoms with Gasteiger partial charge in [0, 0.05) is 22.0 Å². The quantitative estimate of drug-likeness (QED) is 0.692. The van der Waals surface area contributed by atoms with Crippen molar-refractivity contribution in [2.45, 2.75) is 31.6 Å². The molecule has 4 rings (SSSR count). The first kappa shape index (κ1) is 17.5. The predicted octanol–water partition coefficient (Wildman–Crippen LogP) is 4.33. The van der Waals surface area contributed by atoms with Crippen molar-refractivity contribution in [3.8, 4) is 0 Å². The number of hydrogen-bond donors (Lipinski definition) is 2. The van der Waals surface area contributed by atoms with Crippen molar-refractivity contribution in [3.63, 3.8) is 0 Å². The number of carbonyl (C=O) groups is 1. The van der Waals surface area contributed by atoms with Crippen LogP contribution in [0.5, 0.6) is 0 Å². The van der Waals surface area contributed by atoms with Crippen molar-refractivity contribution < 1.29 is 13.2 Å². The van der Waals surface area contributed by atoms with Gasteiger partial charge in [-0.05, 0) is 48.2 Å². The molecule has 0 saturated heterocycles. The molecule has 1 aliphatic heterocycles. The van der Waals surface area contributed by atoms with E-state index in [1.807, 2.05) is 32.0 Å². The van der Waals surface area contributed by atoms with E-state index in [0.717, 1.165) is 24.0 Å². The van der Waals surface area contributed by atoms with Crippen molar-refractivity contribution in [1.82, 2.24) is 0 Å². The van der Waals surface area contributed by atoms with Crippen LogP contribution >= 0.6 is 0 Å². The largest absolute Gasteiger partial charge is 0.321 e. The Morgan fingerprint density at radius 3 is 2.56 bits per heavy atom. The lowest BCUT2D eigenvalue weighted by Crippen LogP contribution is -2.15. The summed E-state index contributed by atoms with van der Waals surface area (Å²) in [5, 5.41) is 3.98. The smallest absolute Gasteiger partial charge is 0.262 e. The Hall–Kier alpha value is -2.86. The molecule has 0 spiro atoms. The van der Waals surface area contributed by atoms with Crippen molar-refractivity contribution >= 4 is 38.1 Å². The molecule has 0 aromatic heterocycles. The van der Waals surface area contributed by atoms with Crippen LogP contribution in [0.15, 0.2) is 53.4 Å². The van der Waals surface area contributed by atoms with Gasteiger partial charge in [-0.15, -0.1) is 0 Å². The number of amides is 1. The maximum absolute atomic E-state index is 13.2. The SMILES string of the molecule is CCc1ccc(CC)c(NS(=O)(=O)c2ccc3c4c(cccc24)C(=O)N3)c1. The van der Waals surface area contributed by atoms with Crippen molar-refractivity contribution in [2.75, 3.05) is 10.0 Å². The van der Waals surface area contributed by atoms with E-state index in [0.29, 0.717) is 27.7 Å². The monoisotopic (exact) mass is 380 g/mol. The third kappa shape index (κ3) is 2.86. The summed E-state index contributed by atoms with van der Waals surface area (Å²) in [5.41, 5.74) is 3.77. The summed E-state index contributed by atoms with van der Waals surface area (Å²) < 4.78 is 29.1. The molecule has 0 unspecified atom stereocenters. The lowest BCUT2D eigenvalue weighted by atomic mass is 10.1. The number of hydrogen-bond acceptors (Lipinski definition) is 3. The Morgan fingerprint density at radius 2 is 1.81 bits per heavy atom. The van der Waals surface area contributed by atoms with E-state index in [1.165, 1.54) is 0 Å². The molecule has 0 fully saturated rings. The highest BCUT2D eigenvalue weighted by molar-refractivity contribution is 7.93. The van der Waals surface area contributed by atoms with Crippen LogP contribution in [0.4, 0.5) is 11.4 Å². The van der Waals surface area contributed by atoms with Gasteiger partial charge in [0.2, 0.25) is 0 Å². The van der Waals surface area contributed by atoms with Gasteiger partial charge in [0.15, 0.2) is 0 Å². The summed E-state index contributed by atoms with van der Waals surface area (Å²) in [7, 11) is -3.81. The van der Waals surface area contributed by atoms with Crippen LogP contribution in [0, 0.1) is 0 Å². The first-order chi connectivity index (χ1) is 12.9. The van der Waals surface area contributed by atoms with Gasteiger partial charge in [0.1, 0.15) is 0 Å². The molecule has 3 aromatic rings. The van der Waals surface area contributed by atoms with Crippen LogP contribution in [0.2, 0.25) is 0 Å². The molecule has 27 heavy (non-hydrogen) atoms. The molecular weight excluding hydrogens is 360 g/mol. The summed E-state index contributed by atoms with van der Waals surface area (Å²) >= 11 is 0. The highest BCUT2D eigenvalue weighted by Crippen LogP contribution is 2.37. The Balaban J connectivity index is 1.85. The number of nitrogens with one attached hydrogen (secondary N) is 2. The zero-order chi connectivity index (χ0) is 19.2. The summed E-state index contributed by atoms with van der Waals surface area (Å²) in [5.74, 6) is -0.206. The van der Waals surface area contributed by atoms with Gasteiger partial charge in [0.25, 0.3) is 15.9 Å². The first-order valence-corrected chi connectivity index (χ1v) is 10.4. The van der Waals surface area contributed by atoms with Crippen LogP contribution in [-0.4, -0.2) is 14.3 Å². The van der Waals surface area contributed by atoms with Crippen molar-refractivity contribution in [2.24, 2.45) is 0 Å². The molecule has 0 radical (unpaired) electrons. The van der Waals surface area contributed by atoms with Crippen LogP contribution in [0.3, 0.4) is 0 Å². The molecule has 0 bridgehead atoms. The van der Waals surface area contributed by atoms with Gasteiger partial charge in [-0.3, -0.25) is 9.52 Å². The number of rotatable bonds is 5. The third-order valence-corrected chi connectivity index (χ3v) is 6.41. The number of anilines is 2. The fourth-order valence-electron chi connectivity index (χ4n) is 3.54. The molecular formula is C21H20N2O3S. The molecule has 0 atom stereocenters. The van der Waals surface area contributed by atoms with E-state index >= 15 is 0 Å². The molecule has 2 N–H and O–H groups in total. The van der Waals surface area contributed by atoms with Gasteiger partial charge in [0.05, 0.1) is 10.6 Å². The molecule has 1 aliphatic rings. The van der Waals surface area contributed by atoms with Gasteiger partial charge >= 0.3 is 0 Å². The topological polar surface area (TPSA) is 75.3 Å². The molecule has 6 heteroatoms. The van der Waals surface area contributed by atoms with Crippen molar-refractivity contribution in [3.05, 3.63) is 65.2 Å². The van der Waals surface area contributed by atoms with Crippen LogP contribution in [-0.2, 0) is 22.9 Å². The van der Waals surface area contributed by atoms with Gasteiger partial charge in [-0.25, -0.2) is 8.42 Å². The summed E-state index contributed by atoms with van der Waals surface area (Å²) in [4.78, 5) is 12.2. The zero-order valence-electron chi connectivity index (χ0n) is 15.2. The third-order valence-electron chi connectivity index (χ3n) is 4.99. The van der Waals surface area contributed by atoms with Crippen molar-refractivity contribution in [1.29, 1.82) is 0 Å². The minimum Gasteiger partial charge on any atom is -0.321 e. The van der Waals surface area contributed by atoms with Gasteiger partial charge < -0.3 is 5.32 Å². The Morgan fingerprint density at radius 1 is 1.00 bits per heavy atom. The van der Waals surface area contributed by atoms with Gasteiger partial charge in [-0.2, -0.15) is 0 Å².